The zero-order valence-electron chi connectivity index (χ0n) is 7.17. The summed E-state index contributed by atoms with van der Waals surface area (Å²) in [6.45, 7) is 4.37. The fraction of sp³-hybridized carbons (Fsp3) is 0.400. The predicted molar refractivity (Wildman–Crippen MR) is 49.8 cm³/mol. The van der Waals surface area contributed by atoms with Gasteiger partial charge >= 0.3 is 0 Å². The van der Waals surface area contributed by atoms with Gasteiger partial charge in [0.25, 0.3) is 0 Å². The summed E-state index contributed by atoms with van der Waals surface area (Å²) < 4.78 is 0. The Morgan fingerprint density at radius 2 is 1.91 bits per heavy atom. The number of benzene rings is 1. The molecule has 0 saturated heterocycles. The lowest BCUT2D eigenvalue weighted by Crippen LogP contribution is -2.12. The van der Waals surface area contributed by atoms with Crippen LogP contribution in [0.3, 0.4) is 0 Å². The van der Waals surface area contributed by atoms with Crippen molar-refractivity contribution >= 4 is 5.69 Å². The summed E-state index contributed by atoms with van der Waals surface area (Å²) in [5, 5.41) is 3.39. The molecule has 1 aromatic carbocycles. The van der Waals surface area contributed by atoms with Gasteiger partial charge in [-0.1, -0.05) is 25.1 Å². The first kappa shape index (κ1) is 8.12. The molecule has 0 aliphatic carbocycles. The smallest absolute Gasteiger partial charge is 0.0342 e. The topological polar surface area (TPSA) is 12.0 Å². The molecule has 1 aromatic rings. The Bertz CT molecular complexity index is 193. The second-order valence-corrected chi connectivity index (χ2v) is 2.82. The Morgan fingerprint density at radius 1 is 1.27 bits per heavy atom. The van der Waals surface area contributed by atoms with Crippen molar-refractivity contribution < 1.29 is 0 Å². The molecule has 1 rings (SSSR count). The molecule has 60 valence electrons. The van der Waals surface area contributed by atoms with Gasteiger partial charge in [-0.25, -0.2) is 0 Å². The van der Waals surface area contributed by atoms with E-state index < -0.39 is 0 Å². The van der Waals surface area contributed by atoms with Crippen molar-refractivity contribution in [1.82, 2.24) is 0 Å². The fourth-order valence-electron chi connectivity index (χ4n) is 0.921. The number of hydrogen-bond donors (Lipinski definition) is 1. The van der Waals surface area contributed by atoms with Crippen LogP contribution in [-0.2, 0) is 0 Å². The van der Waals surface area contributed by atoms with Crippen molar-refractivity contribution in [1.29, 1.82) is 0 Å². The van der Waals surface area contributed by atoms with E-state index in [-0.39, 0.29) is 0 Å². The second-order valence-electron chi connectivity index (χ2n) is 2.82. The standard InChI is InChI=1S/C10H15N/c1-3-9(2)11-10-7-5-4-6-8-10/h4-9,11H,3H2,1-2H3/t9-/m0/s1. The van der Waals surface area contributed by atoms with Crippen LogP contribution in [0.15, 0.2) is 30.3 Å². The van der Waals surface area contributed by atoms with E-state index in [2.05, 4.69) is 31.3 Å². The molecule has 0 amide bonds. The van der Waals surface area contributed by atoms with E-state index in [4.69, 9.17) is 0 Å². The van der Waals surface area contributed by atoms with E-state index in [1.807, 2.05) is 18.2 Å². The highest BCUT2D eigenvalue weighted by Crippen LogP contribution is 2.07. The predicted octanol–water partition coefficient (Wildman–Crippen LogP) is 2.90. The molecule has 0 aromatic heterocycles. The lowest BCUT2D eigenvalue weighted by Gasteiger charge is -2.11. The van der Waals surface area contributed by atoms with E-state index in [1.54, 1.807) is 0 Å². The average molecular weight is 149 g/mol. The van der Waals surface area contributed by atoms with Gasteiger partial charge in [-0.05, 0) is 25.5 Å². The molecule has 0 fully saturated rings. The third kappa shape index (κ3) is 2.62. The van der Waals surface area contributed by atoms with E-state index in [1.165, 1.54) is 5.69 Å². The monoisotopic (exact) mass is 149 g/mol. The fourth-order valence-corrected chi connectivity index (χ4v) is 0.921. The first-order chi connectivity index (χ1) is 5.33. The van der Waals surface area contributed by atoms with Gasteiger partial charge in [0.15, 0.2) is 0 Å². The summed E-state index contributed by atoms with van der Waals surface area (Å²) in [6, 6.07) is 10.9. The molecule has 0 aliphatic heterocycles. The van der Waals surface area contributed by atoms with Gasteiger partial charge in [-0.3, -0.25) is 0 Å². The van der Waals surface area contributed by atoms with E-state index in [0.29, 0.717) is 6.04 Å². The van der Waals surface area contributed by atoms with Gasteiger partial charge in [-0.2, -0.15) is 0 Å². The van der Waals surface area contributed by atoms with E-state index in [9.17, 15) is 0 Å². The zero-order valence-corrected chi connectivity index (χ0v) is 7.17. The van der Waals surface area contributed by atoms with Crippen LogP contribution in [0.4, 0.5) is 5.69 Å². The normalized spacial score (nSPS) is 12.5. The van der Waals surface area contributed by atoms with Gasteiger partial charge < -0.3 is 5.32 Å². The largest absolute Gasteiger partial charge is 0.383 e. The summed E-state index contributed by atoms with van der Waals surface area (Å²) in [6.07, 6.45) is 1.16. The van der Waals surface area contributed by atoms with Crippen LogP contribution >= 0.6 is 0 Å². The lowest BCUT2D eigenvalue weighted by atomic mass is 10.2. The molecule has 1 atom stereocenters. The van der Waals surface area contributed by atoms with Gasteiger partial charge in [0.2, 0.25) is 0 Å². The first-order valence-corrected chi connectivity index (χ1v) is 4.14. The van der Waals surface area contributed by atoms with Crippen LogP contribution in [0.2, 0.25) is 0 Å². The van der Waals surface area contributed by atoms with Crippen molar-refractivity contribution in [3.05, 3.63) is 30.3 Å². The highest BCUT2D eigenvalue weighted by molar-refractivity contribution is 5.43. The SMILES string of the molecule is CC[C@H](C)Nc1ccccc1. The Balaban J connectivity index is 2.51. The molecule has 0 radical (unpaired) electrons. The maximum Gasteiger partial charge on any atom is 0.0342 e. The quantitative estimate of drug-likeness (QED) is 0.696. The van der Waals surface area contributed by atoms with Crippen LogP contribution in [0.5, 0.6) is 0 Å². The Labute approximate surface area is 68.4 Å². The van der Waals surface area contributed by atoms with Gasteiger partial charge in [0, 0.05) is 11.7 Å². The number of anilines is 1. The summed E-state index contributed by atoms with van der Waals surface area (Å²) in [5.74, 6) is 0. The van der Waals surface area contributed by atoms with Crippen molar-refractivity contribution in [2.75, 3.05) is 5.32 Å². The van der Waals surface area contributed by atoms with E-state index >= 15 is 0 Å². The Hall–Kier alpha value is -0.980. The Morgan fingerprint density at radius 3 is 2.45 bits per heavy atom. The third-order valence-electron chi connectivity index (χ3n) is 1.80. The number of nitrogens with one attached hydrogen (secondary N) is 1. The summed E-state index contributed by atoms with van der Waals surface area (Å²) in [7, 11) is 0. The van der Waals surface area contributed by atoms with Gasteiger partial charge in [-0.15, -0.1) is 0 Å². The maximum atomic E-state index is 3.39. The highest BCUT2D eigenvalue weighted by atomic mass is 14.9. The van der Waals surface area contributed by atoms with Crippen LogP contribution in [0.25, 0.3) is 0 Å². The number of hydrogen-bond acceptors (Lipinski definition) is 1. The van der Waals surface area contributed by atoms with Crippen molar-refractivity contribution in [3.63, 3.8) is 0 Å². The lowest BCUT2D eigenvalue weighted by molar-refractivity contribution is 0.764. The zero-order chi connectivity index (χ0) is 8.10. The molecule has 0 bridgehead atoms. The molecule has 1 N–H and O–H groups in total. The van der Waals surface area contributed by atoms with Gasteiger partial charge in [0.05, 0.1) is 0 Å². The van der Waals surface area contributed by atoms with Crippen molar-refractivity contribution in [2.45, 2.75) is 26.3 Å². The maximum absolute atomic E-state index is 3.39. The number of para-hydroxylation sites is 1. The Kier molecular flexibility index (Phi) is 2.96. The van der Waals surface area contributed by atoms with Crippen LogP contribution < -0.4 is 5.32 Å². The minimum atomic E-state index is 0.567. The van der Waals surface area contributed by atoms with Crippen LogP contribution in [-0.4, -0.2) is 6.04 Å². The molecule has 0 aliphatic rings. The summed E-state index contributed by atoms with van der Waals surface area (Å²) in [5.41, 5.74) is 1.21. The highest BCUT2D eigenvalue weighted by Gasteiger charge is 1.95. The minimum Gasteiger partial charge on any atom is -0.383 e. The second kappa shape index (κ2) is 4.02. The van der Waals surface area contributed by atoms with Gasteiger partial charge in [0.1, 0.15) is 0 Å². The minimum absolute atomic E-state index is 0.567. The molecule has 0 saturated carbocycles. The third-order valence-corrected chi connectivity index (χ3v) is 1.80. The molecule has 0 heterocycles. The average Bonchev–Trinajstić information content (AvgIpc) is 2.06. The van der Waals surface area contributed by atoms with E-state index in [0.717, 1.165) is 6.42 Å². The molecule has 0 spiro atoms. The molecule has 0 unspecified atom stereocenters. The summed E-state index contributed by atoms with van der Waals surface area (Å²) >= 11 is 0. The van der Waals surface area contributed by atoms with Crippen LogP contribution in [0.1, 0.15) is 20.3 Å². The molecular weight excluding hydrogens is 134 g/mol. The molecular formula is C10H15N. The van der Waals surface area contributed by atoms with Crippen molar-refractivity contribution in [3.8, 4) is 0 Å². The molecule has 11 heavy (non-hydrogen) atoms. The van der Waals surface area contributed by atoms with Crippen LogP contribution in [0, 0.1) is 0 Å². The molecule has 1 heteroatoms. The summed E-state index contributed by atoms with van der Waals surface area (Å²) in [4.78, 5) is 0. The van der Waals surface area contributed by atoms with Crippen molar-refractivity contribution in [2.24, 2.45) is 0 Å². The molecule has 1 nitrogen and oxygen atoms in total. The first-order valence-electron chi connectivity index (χ1n) is 4.14. The number of rotatable bonds is 3.